The monoisotopic (exact) mass is 320 g/mol. The first-order chi connectivity index (χ1) is 10.8. The van der Waals surface area contributed by atoms with Gasteiger partial charge in [-0.25, -0.2) is 9.59 Å². The van der Waals surface area contributed by atoms with Crippen molar-refractivity contribution in [1.29, 1.82) is 0 Å². The summed E-state index contributed by atoms with van der Waals surface area (Å²) in [7, 11) is 0. The summed E-state index contributed by atoms with van der Waals surface area (Å²) >= 11 is 0. The van der Waals surface area contributed by atoms with E-state index in [-0.39, 0.29) is 6.09 Å². The molecule has 1 N–H and O–H groups in total. The lowest BCUT2D eigenvalue weighted by atomic mass is 10.1. The van der Waals surface area contributed by atoms with Crippen LogP contribution in [-0.4, -0.2) is 53.8 Å². The molecule has 23 heavy (non-hydrogen) atoms. The van der Waals surface area contributed by atoms with E-state index < -0.39 is 11.6 Å². The zero-order valence-corrected chi connectivity index (χ0v) is 13.9. The highest BCUT2D eigenvalue weighted by molar-refractivity contribution is 5.94. The highest BCUT2D eigenvalue weighted by atomic mass is 16.6. The fourth-order valence-electron chi connectivity index (χ4n) is 2.60. The van der Waals surface area contributed by atoms with Crippen LogP contribution in [0, 0.1) is 0 Å². The molecule has 0 bridgehead atoms. The van der Waals surface area contributed by atoms with Crippen molar-refractivity contribution >= 4 is 17.7 Å². The van der Waals surface area contributed by atoms with Crippen molar-refractivity contribution in [2.45, 2.75) is 32.8 Å². The normalized spacial score (nSPS) is 16.0. The van der Waals surface area contributed by atoms with Crippen LogP contribution in [0.1, 0.15) is 37.6 Å². The van der Waals surface area contributed by atoms with E-state index in [9.17, 15) is 14.7 Å². The highest BCUT2D eigenvalue weighted by Crippen LogP contribution is 2.22. The summed E-state index contributed by atoms with van der Waals surface area (Å²) in [5, 5.41) is 9.32. The second kappa shape index (κ2) is 6.89. The lowest BCUT2D eigenvalue weighted by Gasteiger charge is -2.27. The molecule has 0 radical (unpaired) electrons. The van der Waals surface area contributed by atoms with Gasteiger partial charge in [-0.15, -0.1) is 0 Å². The number of hydrogen-bond donors (Lipinski definition) is 1. The van der Waals surface area contributed by atoms with Crippen LogP contribution in [0.2, 0.25) is 0 Å². The summed E-state index contributed by atoms with van der Waals surface area (Å²) in [6, 6.07) is 6.97. The first-order valence-corrected chi connectivity index (χ1v) is 7.83. The van der Waals surface area contributed by atoms with Gasteiger partial charge in [0, 0.05) is 26.2 Å². The fourth-order valence-corrected chi connectivity index (χ4v) is 2.60. The molecular formula is C17H24N2O4. The highest BCUT2D eigenvalue weighted by Gasteiger charge is 2.25. The molecule has 1 aliphatic rings. The minimum atomic E-state index is -0.936. The van der Waals surface area contributed by atoms with Gasteiger partial charge in [-0.2, -0.15) is 0 Å². The minimum Gasteiger partial charge on any atom is -0.478 e. The Bertz CT molecular complexity index is 580. The molecule has 6 nitrogen and oxygen atoms in total. The van der Waals surface area contributed by atoms with Gasteiger partial charge < -0.3 is 19.6 Å². The predicted molar refractivity (Wildman–Crippen MR) is 88.0 cm³/mol. The number of rotatable bonds is 2. The molecule has 1 aromatic rings. The molecule has 2 rings (SSSR count). The molecule has 126 valence electrons. The lowest BCUT2D eigenvalue weighted by molar-refractivity contribution is 0.0263. The topological polar surface area (TPSA) is 70.1 Å². The van der Waals surface area contributed by atoms with Gasteiger partial charge in [-0.1, -0.05) is 12.1 Å². The van der Waals surface area contributed by atoms with E-state index in [1.54, 1.807) is 17.0 Å². The van der Waals surface area contributed by atoms with Crippen molar-refractivity contribution in [1.82, 2.24) is 4.90 Å². The quantitative estimate of drug-likeness (QED) is 0.907. The standard InChI is InChI=1S/C17H24N2O4/c1-17(2,3)23-16(22)19-10-6-9-18(11-12-19)14-8-5-4-7-13(14)15(20)21/h4-5,7-8H,6,9-12H2,1-3H3,(H,20,21). The number of anilines is 1. The number of carboxylic acid groups (broad SMARTS) is 1. The Morgan fingerprint density at radius 2 is 1.78 bits per heavy atom. The zero-order valence-electron chi connectivity index (χ0n) is 13.9. The van der Waals surface area contributed by atoms with E-state index in [1.165, 1.54) is 0 Å². The van der Waals surface area contributed by atoms with Gasteiger partial charge in [-0.05, 0) is 39.3 Å². The van der Waals surface area contributed by atoms with Gasteiger partial charge in [0.2, 0.25) is 0 Å². The van der Waals surface area contributed by atoms with Crippen LogP contribution in [0.25, 0.3) is 0 Å². The summed E-state index contributed by atoms with van der Waals surface area (Å²) < 4.78 is 5.41. The van der Waals surface area contributed by atoms with Crippen LogP contribution in [-0.2, 0) is 4.74 Å². The number of nitrogens with zero attached hydrogens (tertiary/aromatic N) is 2. The minimum absolute atomic E-state index is 0.290. The molecule has 1 aliphatic heterocycles. The van der Waals surface area contributed by atoms with Crippen LogP contribution in [0.4, 0.5) is 10.5 Å². The number of carbonyl (C=O) groups excluding carboxylic acids is 1. The summed E-state index contributed by atoms with van der Waals surface area (Å²) in [4.78, 5) is 27.3. The second-order valence-electron chi connectivity index (χ2n) is 6.63. The number of carboxylic acids is 1. The number of benzene rings is 1. The van der Waals surface area contributed by atoms with E-state index in [0.29, 0.717) is 37.4 Å². The van der Waals surface area contributed by atoms with Crippen LogP contribution < -0.4 is 4.90 Å². The number of amides is 1. The first kappa shape index (κ1) is 17.1. The first-order valence-electron chi connectivity index (χ1n) is 7.83. The maximum Gasteiger partial charge on any atom is 0.410 e. The van der Waals surface area contributed by atoms with Crippen molar-refractivity contribution in [2.24, 2.45) is 0 Å². The van der Waals surface area contributed by atoms with E-state index in [1.807, 2.05) is 37.8 Å². The van der Waals surface area contributed by atoms with E-state index in [4.69, 9.17) is 4.74 Å². The summed E-state index contributed by atoms with van der Waals surface area (Å²) in [5.41, 5.74) is 0.475. The number of hydrogen-bond acceptors (Lipinski definition) is 4. The molecule has 0 aromatic heterocycles. The Labute approximate surface area is 136 Å². The molecular weight excluding hydrogens is 296 g/mol. The molecule has 0 saturated carbocycles. The third-order valence-electron chi connectivity index (χ3n) is 3.62. The lowest BCUT2D eigenvalue weighted by Crippen LogP contribution is -2.39. The maximum absolute atomic E-state index is 12.2. The Balaban J connectivity index is 2.07. The Morgan fingerprint density at radius 1 is 1.09 bits per heavy atom. The van der Waals surface area contributed by atoms with Crippen molar-refractivity contribution in [3.8, 4) is 0 Å². The van der Waals surface area contributed by atoms with Crippen molar-refractivity contribution < 1.29 is 19.4 Å². The van der Waals surface area contributed by atoms with E-state index in [2.05, 4.69) is 0 Å². The van der Waals surface area contributed by atoms with Crippen LogP contribution >= 0.6 is 0 Å². The molecule has 0 spiro atoms. The smallest absolute Gasteiger partial charge is 0.410 e. The second-order valence-corrected chi connectivity index (χ2v) is 6.63. The maximum atomic E-state index is 12.2. The molecule has 0 unspecified atom stereocenters. The van der Waals surface area contributed by atoms with Crippen molar-refractivity contribution in [2.75, 3.05) is 31.1 Å². The van der Waals surface area contributed by atoms with Crippen LogP contribution in [0.5, 0.6) is 0 Å². The number of para-hydroxylation sites is 1. The summed E-state index contributed by atoms with van der Waals surface area (Å²) in [6.07, 6.45) is 0.457. The fraction of sp³-hybridized carbons (Fsp3) is 0.529. The van der Waals surface area contributed by atoms with Gasteiger partial charge in [0.15, 0.2) is 0 Å². The van der Waals surface area contributed by atoms with Gasteiger partial charge in [0.05, 0.1) is 11.3 Å². The van der Waals surface area contributed by atoms with Crippen LogP contribution in [0.3, 0.4) is 0 Å². The Hall–Kier alpha value is -2.24. The zero-order chi connectivity index (χ0) is 17.0. The average molecular weight is 320 g/mol. The van der Waals surface area contributed by atoms with Gasteiger partial charge in [0.1, 0.15) is 5.60 Å². The SMILES string of the molecule is CC(C)(C)OC(=O)N1CCCN(c2ccccc2C(=O)O)CC1. The van der Waals surface area contributed by atoms with Crippen molar-refractivity contribution in [3.63, 3.8) is 0 Å². The number of ether oxygens (including phenoxy) is 1. The van der Waals surface area contributed by atoms with Crippen molar-refractivity contribution in [3.05, 3.63) is 29.8 Å². The predicted octanol–water partition coefficient (Wildman–Crippen LogP) is 2.83. The van der Waals surface area contributed by atoms with Gasteiger partial charge >= 0.3 is 12.1 Å². The molecule has 0 aliphatic carbocycles. The summed E-state index contributed by atoms with van der Waals surface area (Å²) in [6.45, 7) is 7.96. The Morgan fingerprint density at radius 3 is 2.43 bits per heavy atom. The molecule has 6 heteroatoms. The van der Waals surface area contributed by atoms with E-state index >= 15 is 0 Å². The third kappa shape index (κ3) is 4.61. The molecule has 1 amide bonds. The average Bonchev–Trinajstić information content (AvgIpc) is 2.71. The van der Waals surface area contributed by atoms with E-state index in [0.717, 1.165) is 6.42 Å². The van der Waals surface area contributed by atoms with Gasteiger partial charge in [-0.3, -0.25) is 0 Å². The largest absolute Gasteiger partial charge is 0.478 e. The molecule has 1 fully saturated rings. The molecule has 1 aromatic carbocycles. The number of carbonyl (C=O) groups is 2. The third-order valence-corrected chi connectivity index (χ3v) is 3.62. The molecule has 1 saturated heterocycles. The molecule has 0 atom stereocenters. The Kier molecular flexibility index (Phi) is 5.13. The number of aromatic carboxylic acids is 1. The van der Waals surface area contributed by atoms with Crippen LogP contribution in [0.15, 0.2) is 24.3 Å². The van der Waals surface area contributed by atoms with Gasteiger partial charge in [0.25, 0.3) is 0 Å². The summed E-state index contributed by atoms with van der Waals surface area (Å²) in [5.74, 6) is -0.936. The molecule has 1 heterocycles.